The molecule has 1 aliphatic rings. The lowest BCUT2D eigenvalue weighted by Gasteiger charge is -2.24. The molecule has 142 valence electrons. The smallest absolute Gasteiger partial charge is 0.274 e. The number of rotatable bonds is 3. The highest BCUT2D eigenvalue weighted by Crippen LogP contribution is 2.37. The Morgan fingerprint density at radius 3 is 2.50 bits per heavy atom. The van der Waals surface area contributed by atoms with Crippen LogP contribution in [0.5, 0.6) is 0 Å². The summed E-state index contributed by atoms with van der Waals surface area (Å²) in [5.74, 6) is 1.12. The lowest BCUT2D eigenvalue weighted by molar-refractivity contribution is 0.102. The molecule has 3 aromatic rings. The third-order valence-corrected chi connectivity index (χ3v) is 4.99. The van der Waals surface area contributed by atoms with Crippen LogP contribution in [-0.2, 0) is 6.42 Å². The summed E-state index contributed by atoms with van der Waals surface area (Å²) in [5, 5.41) is 2.97. The van der Waals surface area contributed by atoms with Gasteiger partial charge in [-0.25, -0.2) is 9.97 Å². The molecule has 0 aliphatic carbocycles. The molecule has 0 radical (unpaired) electrons. The maximum Gasteiger partial charge on any atom is 0.274 e. The molecule has 1 aromatic heterocycles. The molecule has 0 fully saturated rings. The second-order valence-electron chi connectivity index (χ2n) is 7.54. The largest absolute Gasteiger partial charge is 0.323 e. The van der Waals surface area contributed by atoms with E-state index in [1.807, 2.05) is 39.0 Å². The van der Waals surface area contributed by atoms with E-state index in [0.29, 0.717) is 11.5 Å². The van der Waals surface area contributed by atoms with Gasteiger partial charge in [0, 0.05) is 23.5 Å². The molecule has 1 unspecified atom stereocenters. The monoisotopic (exact) mass is 372 g/mol. The van der Waals surface area contributed by atoms with Gasteiger partial charge in [-0.05, 0) is 69.0 Å². The summed E-state index contributed by atoms with van der Waals surface area (Å²) in [7, 11) is 0. The van der Waals surface area contributed by atoms with Crippen molar-refractivity contribution >= 4 is 23.1 Å². The molecule has 0 saturated carbocycles. The first-order valence-corrected chi connectivity index (χ1v) is 9.53. The third kappa shape index (κ3) is 3.48. The number of aromatic nitrogens is 2. The van der Waals surface area contributed by atoms with Gasteiger partial charge in [0.25, 0.3) is 5.91 Å². The topological polar surface area (TPSA) is 58.1 Å². The van der Waals surface area contributed by atoms with E-state index in [2.05, 4.69) is 51.4 Å². The Labute approximate surface area is 165 Å². The van der Waals surface area contributed by atoms with Crippen molar-refractivity contribution in [2.75, 3.05) is 10.2 Å². The lowest BCUT2D eigenvalue weighted by Crippen LogP contribution is -2.26. The van der Waals surface area contributed by atoms with Crippen molar-refractivity contribution in [3.8, 4) is 0 Å². The van der Waals surface area contributed by atoms with Gasteiger partial charge < -0.3 is 10.2 Å². The van der Waals surface area contributed by atoms with Crippen LogP contribution in [0.3, 0.4) is 0 Å². The van der Waals surface area contributed by atoms with Crippen molar-refractivity contribution in [3.05, 3.63) is 76.7 Å². The first kappa shape index (κ1) is 18.2. The number of nitrogens with zero attached hydrogens (tertiary/aromatic N) is 3. The molecule has 1 N–H and O–H groups in total. The Kier molecular flexibility index (Phi) is 4.59. The summed E-state index contributed by atoms with van der Waals surface area (Å²) in [6.07, 6.45) is 0.962. The molecule has 28 heavy (non-hydrogen) atoms. The van der Waals surface area contributed by atoms with Gasteiger partial charge >= 0.3 is 0 Å². The lowest BCUT2D eigenvalue weighted by atomic mass is 10.1. The minimum absolute atomic E-state index is 0.225. The highest BCUT2D eigenvalue weighted by atomic mass is 16.1. The number of carbonyl (C=O) groups excluding carboxylic acids is 1. The van der Waals surface area contributed by atoms with Gasteiger partial charge in [-0.1, -0.05) is 24.3 Å². The minimum atomic E-state index is -0.225. The third-order valence-electron chi connectivity index (χ3n) is 4.99. The van der Waals surface area contributed by atoms with Crippen molar-refractivity contribution in [2.24, 2.45) is 0 Å². The van der Waals surface area contributed by atoms with E-state index in [4.69, 9.17) is 0 Å². The van der Waals surface area contributed by atoms with E-state index in [1.54, 1.807) is 6.07 Å². The number of benzene rings is 2. The van der Waals surface area contributed by atoms with Crippen LogP contribution in [0.4, 0.5) is 17.2 Å². The van der Waals surface area contributed by atoms with E-state index in [-0.39, 0.29) is 11.9 Å². The summed E-state index contributed by atoms with van der Waals surface area (Å²) < 4.78 is 0. The van der Waals surface area contributed by atoms with Crippen LogP contribution in [0.2, 0.25) is 0 Å². The SMILES string of the molecule is Cc1cc(C)cc(NC(=O)c2cc(N3c4ccccc4CC3C)nc(C)n2)c1. The van der Waals surface area contributed by atoms with Crippen LogP contribution in [-0.4, -0.2) is 21.9 Å². The predicted molar refractivity (Wildman–Crippen MR) is 112 cm³/mol. The molecule has 5 nitrogen and oxygen atoms in total. The van der Waals surface area contributed by atoms with Crippen LogP contribution >= 0.6 is 0 Å². The average molecular weight is 372 g/mol. The summed E-state index contributed by atoms with van der Waals surface area (Å²) in [5.41, 5.74) is 5.81. The fraction of sp³-hybridized carbons (Fsp3) is 0.261. The Balaban J connectivity index is 1.67. The van der Waals surface area contributed by atoms with Gasteiger partial charge in [0.2, 0.25) is 0 Å². The van der Waals surface area contributed by atoms with Crippen LogP contribution in [0.15, 0.2) is 48.5 Å². The van der Waals surface area contributed by atoms with Gasteiger partial charge in [0.15, 0.2) is 0 Å². The van der Waals surface area contributed by atoms with Crippen LogP contribution in [0, 0.1) is 20.8 Å². The fourth-order valence-corrected chi connectivity index (χ4v) is 3.95. The number of nitrogens with one attached hydrogen (secondary N) is 1. The second-order valence-corrected chi connectivity index (χ2v) is 7.54. The maximum atomic E-state index is 12.9. The van der Waals surface area contributed by atoms with E-state index in [0.717, 1.165) is 34.7 Å². The molecular formula is C23H24N4O. The second kappa shape index (κ2) is 7.08. The number of aryl methyl sites for hydroxylation is 3. The number of para-hydroxylation sites is 1. The van der Waals surface area contributed by atoms with Gasteiger partial charge in [-0.2, -0.15) is 0 Å². The van der Waals surface area contributed by atoms with Crippen molar-refractivity contribution < 1.29 is 4.79 Å². The highest BCUT2D eigenvalue weighted by molar-refractivity contribution is 6.03. The molecule has 1 aliphatic heterocycles. The van der Waals surface area contributed by atoms with Gasteiger partial charge in [0.05, 0.1) is 0 Å². The Bertz CT molecular complexity index is 1040. The number of hydrogen-bond donors (Lipinski definition) is 1. The Morgan fingerprint density at radius 1 is 1.04 bits per heavy atom. The highest BCUT2D eigenvalue weighted by Gasteiger charge is 2.28. The van der Waals surface area contributed by atoms with Gasteiger partial charge in [0.1, 0.15) is 17.3 Å². The standard InChI is InChI=1S/C23H24N4O/c1-14-9-15(2)11-19(10-14)26-23(28)20-13-22(25-17(4)24-20)27-16(3)12-18-7-5-6-8-21(18)27/h5-11,13,16H,12H2,1-4H3,(H,26,28). The molecular weight excluding hydrogens is 348 g/mol. The molecule has 2 aromatic carbocycles. The van der Waals surface area contributed by atoms with Gasteiger partial charge in [-0.15, -0.1) is 0 Å². The number of amides is 1. The first-order valence-electron chi connectivity index (χ1n) is 9.53. The molecule has 2 heterocycles. The van der Waals surface area contributed by atoms with E-state index in [9.17, 15) is 4.79 Å². The van der Waals surface area contributed by atoms with Crippen molar-refractivity contribution in [1.29, 1.82) is 0 Å². The summed E-state index contributed by atoms with van der Waals surface area (Å²) in [6.45, 7) is 8.03. The van der Waals surface area contributed by atoms with Crippen LogP contribution in [0.1, 0.15) is 39.9 Å². The Morgan fingerprint density at radius 2 is 1.75 bits per heavy atom. The summed E-state index contributed by atoms with van der Waals surface area (Å²) in [6, 6.07) is 16.4. The number of anilines is 3. The van der Waals surface area contributed by atoms with Crippen molar-refractivity contribution in [1.82, 2.24) is 9.97 Å². The fourth-order valence-electron chi connectivity index (χ4n) is 3.95. The Hall–Kier alpha value is -3.21. The predicted octanol–water partition coefficient (Wildman–Crippen LogP) is 4.74. The molecule has 4 rings (SSSR count). The zero-order valence-corrected chi connectivity index (χ0v) is 16.7. The van der Waals surface area contributed by atoms with E-state index in [1.165, 1.54) is 5.56 Å². The molecule has 5 heteroatoms. The van der Waals surface area contributed by atoms with Crippen molar-refractivity contribution in [2.45, 2.75) is 40.2 Å². The molecule has 1 amide bonds. The average Bonchev–Trinajstić information content (AvgIpc) is 2.96. The molecule has 0 saturated heterocycles. The quantitative estimate of drug-likeness (QED) is 0.722. The van der Waals surface area contributed by atoms with E-state index >= 15 is 0 Å². The molecule has 0 bridgehead atoms. The van der Waals surface area contributed by atoms with Crippen molar-refractivity contribution in [3.63, 3.8) is 0 Å². The first-order chi connectivity index (χ1) is 13.4. The van der Waals surface area contributed by atoms with E-state index < -0.39 is 0 Å². The number of carbonyl (C=O) groups is 1. The zero-order valence-electron chi connectivity index (χ0n) is 16.7. The minimum Gasteiger partial charge on any atom is -0.323 e. The molecule has 1 atom stereocenters. The summed E-state index contributed by atoms with van der Waals surface area (Å²) >= 11 is 0. The van der Waals surface area contributed by atoms with Crippen LogP contribution < -0.4 is 10.2 Å². The number of fused-ring (bicyclic) bond motifs is 1. The molecule has 0 spiro atoms. The van der Waals surface area contributed by atoms with Gasteiger partial charge in [-0.3, -0.25) is 4.79 Å². The normalized spacial score (nSPS) is 15.4. The van der Waals surface area contributed by atoms with Crippen LogP contribution in [0.25, 0.3) is 0 Å². The number of hydrogen-bond acceptors (Lipinski definition) is 4. The summed E-state index contributed by atoms with van der Waals surface area (Å²) in [4.78, 5) is 24.1. The maximum absolute atomic E-state index is 12.9. The zero-order chi connectivity index (χ0) is 19.8.